The molecule has 0 radical (unpaired) electrons. The number of unbranched alkanes of at least 4 members (excludes halogenated alkanes) is 32. The Labute approximate surface area is 348 Å². The van der Waals surface area contributed by atoms with E-state index in [1.54, 1.807) is 0 Å². The van der Waals surface area contributed by atoms with Gasteiger partial charge in [0, 0.05) is 19.3 Å². The summed E-state index contributed by atoms with van der Waals surface area (Å²) in [6.45, 7) is 9.01. The molecule has 0 aliphatic carbocycles. The van der Waals surface area contributed by atoms with Crippen molar-refractivity contribution in [3.8, 4) is 0 Å². The van der Waals surface area contributed by atoms with Gasteiger partial charge in [0.1, 0.15) is 13.2 Å². The molecule has 0 saturated carbocycles. The lowest BCUT2D eigenvalue weighted by atomic mass is 10.0. The molecule has 0 amide bonds. The Balaban J connectivity index is 4.22. The van der Waals surface area contributed by atoms with Crippen molar-refractivity contribution in [1.29, 1.82) is 0 Å². The summed E-state index contributed by atoms with van der Waals surface area (Å²) in [4.78, 5) is 37.8. The van der Waals surface area contributed by atoms with Crippen molar-refractivity contribution in [2.45, 2.75) is 284 Å². The van der Waals surface area contributed by atoms with Crippen LogP contribution in [-0.4, -0.2) is 37.2 Å². The Morgan fingerprint density at radius 1 is 0.339 bits per heavy atom. The standard InChI is InChI=1S/C50H96O6/c1-5-7-9-11-13-15-25-29-33-37-41-48(51)54-44-47(56-50(53)43-39-35-31-26-16-14-12-10-8-6-2)45-55-49(52)42-38-34-30-27-23-21-19-17-18-20-22-24-28-32-36-40-46(3)4/h46-47H,5-45H2,1-4H3/t47-/m1/s1. The summed E-state index contributed by atoms with van der Waals surface area (Å²) in [5.41, 5.74) is 0. The minimum absolute atomic E-state index is 0.0631. The molecule has 0 spiro atoms. The van der Waals surface area contributed by atoms with Crippen LogP contribution in [0, 0.1) is 5.92 Å². The van der Waals surface area contributed by atoms with Crippen molar-refractivity contribution < 1.29 is 28.6 Å². The predicted molar refractivity (Wildman–Crippen MR) is 238 cm³/mol. The molecular formula is C50H96O6. The van der Waals surface area contributed by atoms with Crippen molar-refractivity contribution in [2.75, 3.05) is 13.2 Å². The van der Waals surface area contributed by atoms with Crippen LogP contribution in [0.3, 0.4) is 0 Å². The second-order valence-corrected chi connectivity index (χ2v) is 17.6. The molecule has 0 bridgehead atoms. The first-order valence-corrected chi connectivity index (χ1v) is 24.9. The number of ether oxygens (including phenoxy) is 3. The highest BCUT2D eigenvalue weighted by Crippen LogP contribution is 2.17. The number of hydrogen-bond donors (Lipinski definition) is 0. The maximum Gasteiger partial charge on any atom is 0.306 e. The summed E-state index contributed by atoms with van der Waals surface area (Å²) < 4.78 is 16.7. The van der Waals surface area contributed by atoms with Crippen molar-refractivity contribution in [3.63, 3.8) is 0 Å². The van der Waals surface area contributed by atoms with Crippen LogP contribution in [0.15, 0.2) is 0 Å². The van der Waals surface area contributed by atoms with Gasteiger partial charge in [0.25, 0.3) is 0 Å². The lowest BCUT2D eigenvalue weighted by Crippen LogP contribution is -2.30. The third-order valence-electron chi connectivity index (χ3n) is 11.3. The first-order chi connectivity index (χ1) is 27.4. The molecule has 0 aliphatic rings. The van der Waals surface area contributed by atoms with Crippen LogP contribution in [0.5, 0.6) is 0 Å². The normalized spacial score (nSPS) is 11.9. The van der Waals surface area contributed by atoms with Crippen LogP contribution in [0.1, 0.15) is 278 Å². The van der Waals surface area contributed by atoms with E-state index in [4.69, 9.17) is 14.2 Å². The van der Waals surface area contributed by atoms with Gasteiger partial charge in [-0.05, 0) is 25.2 Å². The topological polar surface area (TPSA) is 78.9 Å². The molecule has 0 unspecified atom stereocenters. The molecule has 6 heteroatoms. The van der Waals surface area contributed by atoms with Crippen molar-refractivity contribution in [3.05, 3.63) is 0 Å². The minimum Gasteiger partial charge on any atom is -0.462 e. The highest BCUT2D eigenvalue weighted by Gasteiger charge is 2.19. The van der Waals surface area contributed by atoms with Gasteiger partial charge >= 0.3 is 17.9 Å². The number of carbonyl (C=O) groups excluding carboxylic acids is 3. The van der Waals surface area contributed by atoms with Crippen molar-refractivity contribution in [1.82, 2.24) is 0 Å². The van der Waals surface area contributed by atoms with Gasteiger partial charge in [-0.3, -0.25) is 14.4 Å². The molecule has 0 heterocycles. The zero-order chi connectivity index (χ0) is 41.0. The Morgan fingerprint density at radius 2 is 0.589 bits per heavy atom. The highest BCUT2D eigenvalue weighted by atomic mass is 16.6. The van der Waals surface area contributed by atoms with E-state index >= 15 is 0 Å². The molecule has 0 aromatic heterocycles. The van der Waals surface area contributed by atoms with Crippen LogP contribution >= 0.6 is 0 Å². The number of esters is 3. The third kappa shape index (κ3) is 43.5. The summed E-state index contributed by atoms with van der Waals surface area (Å²) in [5, 5.41) is 0. The number of hydrogen-bond acceptors (Lipinski definition) is 6. The van der Waals surface area contributed by atoms with Crippen LogP contribution in [0.4, 0.5) is 0 Å². The van der Waals surface area contributed by atoms with Crippen LogP contribution < -0.4 is 0 Å². The van der Waals surface area contributed by atoms with Crippen LogP contribution in [-0.2, 0) is 28.6 Å². The third-order valence-corrected chi connectivity index (χ3v) is 11.3. The number of rotatable bonds is 45. The molecule has 1 atom stereocenters. The van der Waals surface area contributed by atoms with Gasteiger partial charge in [0.15, 0.2) is 6.10 Å². The quantitative estimate of drug-likeness (QED) is 0.0347. The SMILES string of the molecule is CCCCCCCCCCCCC(=O)OC[C@H](COC(=O)CCCCCCCCCCCCCCCCCC(C)C)OC(=O)CCCCCCCCCCCC. The average Bonchev–Trinajstić information content (AvgIpc) is 3.18. The highest BCUT2D eigenvalue weighted by molar-refractivity contribution is 5.71. The van der Waals surface area contributed by atoms with E-state index in [0.29, 0.717) is 19.3 Å². The molecule has 0 aromatic carbocycles. The van der Waals surface area contributed by atoms with Crippen LogP contribution in [0.25, 0.3) is 0 Å². The zero-order valence-corrected chi connectivity index (χ0v) is 38.1. The van der Waals surface area contributed by atoms with E-state index in [1.165, 1.54) is 173 Å². The zero-order valence-electron chi connectivity index (χ0n) is 38.1. The van der Waals surface area contributed by atoms with Crippen molar-refractivity contribution >= 4 is 17.9 Å². The van der Waals surface area contributed by atoms with Crippen LogP contribution in [0.2, 0.25) is 0 Å². The number of carbonyl (C=O) groups is 3. The largest absolute Gasteiger partial charge is 0.462 e. The van der Waals surface area contributed by atoms with Gasteiger partial charge in [0.05, 0.1) is 0 Å². The second kappa shape index (κ2) is 44.5. The van der Waals surface area contributed by atoms with Gasteiger partial charge < -0.3 is 14.2 Å². The average molecular weight is 793 g/mol. The molecule has 332 valence electrons. The Bertz CT molecular complexity index is 841. The fourth-order valence-electron chi connectivity index (χ4n) is 7.51. The summed E-state index contributed by atoms with van der Waals surface area (Å²) in [6.07, 6.45) is 45.2. The van der Waals surface area contributed by atoms with E-state index in [2.05, 4.69) is 27.7 Å². The Kier molecular flexibility index (Phi) is 43.2. The fraction of sp³-hybridized carbons (Fsp3) is 0.940. The monoisotopic (exact) mass is 793 g/mol. The summed E-state index contributed by atoms with van der Waals surface area (Å²) >= 11 is 0. The maximum absolute atomic E-state index is 12.7. The maximum atomic E-state index is 12.7. The summed E-state index contributed by atoms with van der Waals surface area (Å²) in [7, 11) is 0. The lowest BCUT2D eigenvalue weighted by molar-refractivity contribution is -0.167. The van der Waals surface area contributed by atoms with Gasteiger partial charge in [-0.15, -0.1) is 0 Å². The lowest BCUT2D eigenvalue weighted by Gasteiger charge is -2.18. The molecule has 0 saturated heterocycles. The second-order valence-electron chi connectivity index (χ2n) is 17.6. The summed E-state index contributed by atoms with van der Waals surface area (Å²) in [6, 6.07) is 0. The van der Waals surface area contributed by atoms with E-state index in [9.17, 15) is 14.4 Å². The van der Waals surface area contributed by atoms with Gasteiger partial charge in [-0.25, -0.2) is 0 Å². The molecule has 0 aliphatic heterocycles. The first kappa shape index (κ1) is 54.4. The van der Waals surface area contributed by atoms with Crippen molar-refractivity contribution in [2.24, 2.45) is 5.92 Å². The van der Waals surface area contributed by atoms with E-state index < -0.39 is 6.10 Å². The summed E-state index contributed by atoms with van der Waals surface area (Å²) in [5.74, 6) is -0.00105. The molecule has 0 rings (SSSR count). The fourth-order valence-corrected chi connectivity index (χ4v) is 7.51. The Morgan fingerprint density at radius 3 is 0.875 bits per heavy atom. The molecule has 0 aromatic rings. The van der Waals surface area contributed by atoms with E-state index in [1.807, 2.05) is 0 Å². The first-order valence-electron chi connectivity index (χ1n) is 24.9. The molecule has 6 nitrogen and oxygen atoms in total. The predicted octanol–water partition coefficient (Wildman–Crippen LogP) is 15.9. The molecule has 0 fully saturated rings. The molecule has 0 N–H and O–H groups in total. The van der Waals surface area contributed by atoms with E-state index in [-0.39, 0.29) is 31.1 Å². The van der Waals surface area contributed by atoms with Gasteiger partial charge in [0.2, 0.25) is 0 Å². The van der Waals surface area contributed by atoms with E-state index in [0.717, 1.165) is 63.7 Å². The smallest absolute Gasteiger partial charge is 0.306 e. The van der Waals surface area contributed by atoms with Gasteiger partial charge in [-0.1, -0.05) is 240 Å². The van der Waals surface area contributed by atoms with Gasteiger partial charge in [-0.2, -0.15) is 0 Å². The molecular weight excluding hydrogens is 697 g/mol. The minimum atomic E-state index is -0.759. The Hall–Kier alpha value is -1.59. The molecule has 56 heavy (non-hydrogen) atoms.